The highest BCUT2D eigenvalue weighted by molar-refractivity contribution is 7.90. The van der Waals surface area contributed by atoms with E-state index in [1.807, 2.05) is 0 Å². The van der Waals surface area contributed by atoms with Crippen molar-refractivity contribution in [1.29, 1.82) is 0 Å². The number of methoxy groups -OCH3 is 2. The van der Waals surface area contributed by atoms with Crippen molar-refractivity contribution in [3.05, 3.63) is 18.5 Å². The fraction of sp³-hybridized carbons (Fsp3) is 0.467. The van der Waals surface area contributed by atoms with Crippen LogP contribution in [0.1, 0.15) is 6.42 Å². The van der Waals surface area contributed by atoms with Crippen molar-refractivity contribution in [2.75, 3.05) is 45.1 Å². The molecule has 1 saturated heterocycles. The van der Waals surface area contributed by atoms with Gasteiger partial charge in [-0.15, -0.1) is 12.4 Å². The highest BCUT2D eigenvalue weighted by Crippen LogP contribution is 2.33. The second-order valence-corrected chi connectivity index (χ2v) is 7.23. The van der Waals surface area contributed by atoms with Crippen LogP contribution in [-0.2, 0) is 10.2 Å². The lowest BCUT2D eigenvalue weighted by atomic mass is 10.2. The topological polar surface area (TPSA) is 106 Å². The Morgan fingerprint density at radius 3 is 2.58 bits per heavy atom. The van der Waals surface area contributed by atoms with Crippen LogP contribution in [0.25, 0.3) is 10.9 Å². The zero-order chi connectivity index (χ0) is 17.9. The van der Waals surface area contributed by atoms with E-state index < -0.39 is 10.2 Å². The molecule has 0 bridgehead atoms. The molecule has 0 spiro atoms. The van der Waals surface area contributed by atoms with Gasteiger partial charge in [0.1, 0.15) is 6.33 Å². The molecule has 1 aliphatic heterocycles. The first kappa shape index (κ1) is 20.4. The molecule has 0 amide bonds. The average Bonchev–Trinajstić information content (AvgIpc) is 2.90. The van der Waals surface area contributed by atoms with Crippen LogP contribution in [0.3, 0.4) is 0 Å². The van der Waals surface area contributed by atoms with Gasteiger partial charge in [0, 0.05) is 31.1 Å². The van der Waals surface area contributed by atoms with Crippen LogP contribution in [-0.4, -0.2) is 63.1 Å². The maximum absolute atomic E-state index is 12.7. The van der Waals surface area contributed by atoms with Crippen LogP contribution < -0.4 is 19.5 Å². The lowest BCUT2D eigenvalue weighted by molar-refractivity contribution is 0.356. The summed E-state index contributed by atoms with van der Waals surface area (Å²) in [7, 11) is -0.660. The summed E-state index contributed by atoms with van der Waals surface area (Å²) in [5.41, 5.74) is 0.558. The summed E-state index contributed by atoms with van der Waals surface area (Å²) in [6.45, 7) is 2.30. The number of hydrogen-bond acceptors (Lipinski definition) is 7. The zero-order valence-corrected chi connectivity index (χ0v) is 16.2. The maximum Gasteiger partial charge on any atom is 0.302 e. The molecule has 144 valence electrons. The van der Waals surface area contributed by atoms with Crippen molar-refractivity contribution in [1.82, 2.24) is 19.6 Å². The van der Waals surface area contributed by atoms with Crippen LogP contribution in [0, 0.1) is 0 Å². The number of nitrogens with zero attached hydrogens (tertiary/aromatic N) is 3. The summed E-state index contributed by atoms with van der Waals surface area (Å²) < 4.78 is 39.9. The SMILES string of the molecule is COc1cc2ncnc(NS(=O)(=O)N3CCCNCC3)c2cc1OC.Cl. The monoisotopic (exact) mass is 403 g/mol. The average molecular weight is 404 g/mol. The fourth-order valence-electron chi connectivity index (χ4n) is 2.71. The van der Waals surface area contributed by atoms with Crippen LogP contribution in [0.4, 0.5) is 5.82 Å². The predicted molar refractivity (Wildman–Crippen MR) is 101 cm³/mol. The number of rotatable bonds is 5. The number of anilines is 1. The Hall–Kier alpha value is -1.88. The normalized spacial score (nSPS) is 15.8. The van der Waals surface area contributed by atoms with Gasteiger partial charge >= 0.3 is 10.2 Å². The van der Waals surface area contributed by atoms with E-state index in [1.54, 1.807) is 12.1 Å². The highest BCUT2D eigenvalue weighted by Gasteiger charge is 2.24. The molecule has 2 aromatic rings. The number of aromatic nitrogens is 2. The quantitative estimate of drug-likeness (QED) is 0.767. The minimum Gasteiger partial charge on any atom is -0.493 e. The van der Waals surface area contributed by atoms with Crippen LogP contribution >= 0.6 is 12.4 Å². The molecule has 11 heteroatoms. The highest BCUT2D eigenvalue weighted by atomic mass is 35.5. The lowest BCUT2D eigenvalue weighted by Crippen LogP contribution is -2.38. The van der Waals surface area contributed by atoms with Gasteiger partial charge in [-0.3, -0.25) is 4.72 Å². The second kappa shape index (κ2) is 8.67. The Bertz CT molecular complexity index is 856. The minimum absolute atomic E-state index is 0. The number of benzene rings is 1. The maximum atomic E-state index is 12.7. The Kier molecular flexibility index (Phi) is 6.81. The fourth-order valence-corrected chi connectivity index (χ4v) is 3.95. The molecule has 1 aliphatic rings. The molecular formula is C15H22ClN5O4S. The molecular weight excluding hydrogens is 382 g/mol. The van der Waals surface area contributed by atoms with E-state index in [9.17, 15) is 8.42 Å². The molecule has 2 heterocycles. The first-order chi connectivity index (χ1) is 12.0. The van der Waals surface area contributed by atoms with Gasteiger partial charge < -0.3 is 14.8 Å². The molecule has 1 aromatic heterocycles. The van der Waals surface area contributed by atoms with E-state index in [0.717, 1.165) is 13.0 Å². The number of nitrogens with one attached hydrogen (secondary N) is 2. The van der Waals surface area contributed by atoms with Crippen molar-refractivity contribution in [2.45, 2.75) is 6.42 Å². The molecule has 0 radical (unpaired) electrons. The molecule has 3 rings (SSSR count). The number of fused-ring (bicyclic) bond motifs is 1. The van der Waals surface area contributed by atoms with E-state index in [4.69, 9.17) is 9.47 Å². The van der Waals surface area contributed by atoms with Gasteiger partial charge in [0.15, 0.2) is 17.3 Å². The third-order valence-electron chi connectivity index (χ3n) is 4.01. The van der Waals surface area contributed by atoms with E-state index in [0.29, 0.717) is 42.0 Å². The molecule has 1 aromatic carbocycles. The lowest BCUT2D eigenvalue weighted by Gasteiger charge is -2.20. The Balaban J connectivity index is 0.00000243. The van der Waals surface area contributed by atoms with Crippen LogP contribution in [0.15, 0.2) is 18.5 Å². The van der Waals surface area contributed by atoms with Crippen molar-refractivity contribution in [3.8, 4) is 11.5 Å². The predicted octanol–water partition coefficient (Wildman–Crippen LogP) is 1.02. The Labute approximate surface area is 158 Å². The standard InChI is InChI=1S/C15H21N5O4S.ClH/c1-23-13-8-11-12(9-14(13)24-2)17-10-18-15(11)19-25(21,22)20-6-3-4-16-5-7-20;/h8-10,16H,3-7H2,1-2H3,(H,17,18,19);1H. The first-order valence-corrected chi connectivity index (χ1v) is 9.34. The van der Waals surface area contributed by atoms with E-state index >= 15 is 0 Å². The largest absolute Gasteiger partial charge is 0.493 e. The van der Waals surface area contributed by atoms with E-state index in [-0.39, 0.29) is 18.2 Å². The van der Waals surface area contributed by atoms with Gasteiger partial charge in [-0.2, -0.15) is 12.7 Å². The van der Waals surface area contributed by atoms with Crippen molar-refractivity contribution < 1.29 is 17.9 Å². The molecule has 0 saturated carbocycles. The number of hydrogen-bond donors (Lipinski definition) is 2. The Morgan fingerprint density at radius 2 is 1.85 bits per heavy atom. The van der Waals surface area contributed by atoms with E-state index in [2.05, 4.69) is 20.0 Å². The third kappa shape index (κ3) is 4.26. The molecule has 0 unspecified atom stereocenters. The van der Waals surface area contributed by atoms with Gasteiger partial charge in [-0.1, -0.05) is 0 Å². The molecule has 0 atom stereocenters. The van der Waals surface area contributed by atoms with E-state index in [1.165, 1.54) is 24.9 Å². The number of ether oxygens (including phenoxy) is 2. The molecule has 9 nitrogen and oxygen atoms in total. The van der Waals surface area contributed by atoms with Gasteiger partial charge in [0.2, 0.25) is 0 Å². The second-order valence-electron chi connectivity index (χ2n) is 5.56. The molecule has 1 fully saturated rings. The third-order valence-corrected chi connectivity index (χ3v) is 5.50. The summed E-state index contributed by atoms with van der Waals surface area (Å²) in [6.07, 6.45) is 2.08. The minimum atomic E-state index is -3.71. The van der Waals surface area contributed by atoms with Gasteiger partial charge in [0.05, 0.1) is 19.7 Å². The molecule has 26 heavy (non-hydrogen) atoms. The summed E-state index contributed by atoms with van der Waals surface area (Å²) in [5, 5.41) is 3.72. The zero-order valence-electron chi connectivity index (χ0n) is 14.6. The molecule has 2 N–H and O–H groups in total. The summed E-state index contributed by atoms with van der Waals surface area (Å²) >= 11 is 0. The van der Waals surface area contributed by atoms with Gasteiger partial charge in [-0.25, -0.2) is 9.97 Å². The first-order valence-electron chi connectivity index (χ1n) is 7.90. The Morgan fingerprint density at radius 1 is 1.12 bits per heavy atom. The van der Waals surface area contributed by atoms with Crippen LogP contribution in [0.5, 0.6) is 11.5 Å². The summed E-state index contributed by atoms with van der Waals surface area (Å²) in [6, 6.07) is 3.35. The molecule has 0 aliphatic carbocycles. The van der Waals surface area contributed by atoms with Crippen molar-refractivity contribution in [3.63, 3.8) is 0 Å². The van der Waals surface area contributed by atoms with Crippen molar-refractivity contribution in [2.24, 2.45) is 0 Å². The van der Waals surface area contributed by atoms with Gasteiger partial charge in [-0.05, 0) is 19.0 Å². The van der Waals surface area contributed by atoms with Gasteiger partial charge in [0.25, 0.3) is 0 Å². The smallest absolute Gasteiger partial charge is 0.302 e. The number of halogens is 1. The van der Waals surface area contributed by atoms with Crippen LogP contribution in [0.2, 0.25) is 0 Å². The summed E-state index contributed by atoms with van der Waals surface area (Å²) in [4.78, 5) is 8.28. The summed E-state index contributed by atoms with van der Waals surface area (Å²) in [5.74, 6) is 1.20. The van der Waals surface area contributed by atoms with Crippen molar-refractivity contribution >= 4 is 39.3 Å².